The van der Waals surface area contributed by atoms with E-state index in [1.54, 1.807) is 24.3 Å². The fourth-order valence-corrected chi connectivity index (χ4v) is 3.18. The molecule has 0 spiro atoms. The van der Waals surface area contributed by atoms with Crippen LogP contribution in [-0.4, -0.2) is 26.3 Å². The Hall–Kier alpha value is -2.11. The second-order valence-corrected chi connectivity index (χ2v) is 6.83. The van der Waals surface area contributed by atoms with Crippen LogP contribution in [0.5, 0.6) is 0 Å². The highest BCUT2D eigenvalue weighted by atomic mass is 35.5. The van der Waals surface area contributed by atoms with E-state index in [4.69, 9.17) is 11.6 Å². The lowest BCUT2D eigenvalue weighted by atomic mass is 10.1. The Labute approximate surface area is 149 Å². The van der Waals surface area contributed by atoms with E-state index in [1.807, 2.05) is 42.8 Å². The van der Waals surface area contributed by atoms with Crippen LogP contribution >= 0.6 is 23.4 Å². The summed E-state index contributed by atoms with van der Waals surface area (Å²) in [6.07, 6.45) is 0. The summed E-state index contributed by atoms with van der Waals surface area (Å²) in [5.41, 5.74) is 2.85. The predicted octanol–water partition coefficient (Wildman–Crippen LogP) is 4.42. The fourth-order valence-electron chi connectivity index (χ4n) is 2.24. The number of hydrogen-bond donors (Lipinski definition) is 0. The zero-order valence-electron chi connectivity index (χ0n) is 13.4. The van der Waals surface area contributed by atoms with Gasteiger partial charge in [-0.05, 0) is 31.2 Å². The molecule has 0 atom stereocenters. The molecule has 0 aliphatic carbocycles. The molecule has 122 valence electrons. The number of carbonyl (C=O) groups excluding carboxylic acids is 1. The van der Waals surface area contributed by atoms with Gasteiger partial charge < -0.3 is 4.57 Å². The molecule has 1 aromatic heterocycles. The lowest BCUT2D eigenvalue weighted by Crippen LogP contribution is -2.03. The van der Waals surface area contributed by atoms with Crippen molar-refractivity contribution < 1.29 is 4.79 Å². The maximum atomic E-state index is 12.2. The first kappa shape index (κ1) is 16.7. The number of aromatic nitrogens is 3. The molecule has 0 unspecified atom stereocenters. The van der Waals surface area contributed by atoms with Gasteiger partial charge >= 0.3 is 0 Å². The van der Waals surface area contributed by atoms with Crippen LogP contribution in [0, 0.1) is 6.92 Å². The smallest absolute Gasteiger partial charge is 0.191 e. The summed E-state index contributed by atoms with van der Waals surface area (Å²) in [4.78, 5) is 12.2. The number of Topliss-reactive ketones (excluding diaryl/α,β-unsaturated/α-hetero) is 1. The minimum atomic E-state index is 0.0385. The summed E-state index contributed by atoms with van der Waals surface area (Å²) >= 11 is 7.22. The second-order valence-electron chi connectivity index (χ2n) is 5.45. The van der Waals surface area contributed by atoms with E-state index in [0.29, 0.717) is 21.5 Å². The molecule has 0 saturated carbocycles. The van der Waals surface area contributed by atoms with Crippen LogP contribution in [-0.2, 0) is 7.05 Å². The number of rotatable bonds is 5. The molecule has 0 fully saturated rings. The molecular formula is C18H16ClN3OS. The molecule has 2 aromatic carbocycles. The van der Waals surface area contributed by atoms with Gasteiger partial charge in [0.25, 0.3) is 0 Å². The molecule has 0 radical (unpaired) electrons. The molecule has 0 N–H and O–H groups in total. The number of halogens is 1. The van der Waals surface area contributed by atoms with Crippen molar-refractivity contribution in [1.82, 2.24) is 14.8 Å². The van der Waals surface area contributed by atoms with E-state index in [0.717, 1.165) is 11.4 Å². The first-order valence-electron chi connectivity index (χ1n) is 7.42. The summed E-state index contributed by atoms with van der Waals surface area (Å²) < 4.78 is 1.91. The van der Waals surface area contributed by atoms with Crippen LogP contribution in [0.4, 0.5) is 0 Å². The van der Waals surface area contributed by atoms with Crippen LogP contribution in [0.2, 0.25) is 5.02 Å². The molecule has 4 nitrogen and oxygen atoms in total. The van der Waals surface area contributed by atoms with Crippen molar-refractivity contribution in [3.8, 4) is 11.4 Å². The van der Waals surface area contributed by atoms with Gasteiger partial charge in [-0.1, -0.05) is 53.2 Å². The second kappa shape index (κ2) is 7.20. The van der Waals surface area contributed by atoms with Gasteiger partial charge in [0.1, 0.15) is 0 Å². The zero-order chi connectivity index (χ0) is 17.1. The topological polar surface area (TPSA) is 47.8 Å². The summed E-state index contributed by atoms with van der Waals surface area (Å²) in [5, 5.41) is 9.77. The lowest BCUT2D eigenvalue weighted by Gasteiger charge is -2.04. The van der Waals surface area contributed by atoms with E-state index >= 15 is 0 Å². The van der Waals surface area contributed by atoms with Crippen molar-refractivity contribution >= 4 is 29.1 Å². The third-order valence-corrected chi connectivity index (χ3v) is 4.92. The molecule has 0 aliphatic rings. The Morgan fingerprint density at radius 2 is 1.75 bits per heavy atom. The molecule has 0 bridgehead atoms. The Balaban J connectivity index is 1.71. The van der Waals surface area contributed by atoms with Gasteiger partial charge in [-0.25, -0.2) is 0 Å². The van der Waals surface area contributed by atoms with E-state index < -0.39 is 0 Å². The zero-order valence-corrected chi connectivity index (χ0v) is 14.9. The summed E-state index contributed by atoms with van der Waals surface area (Å²) in [7, 11) is 1.91. The molecule has 0 saturated heterocycles. The van der Waals surface area contributed by atoms with Crippen molar-refractivity contribution in [3.63, 3.8) is 0 Å². The SMILES string of the molecule is Cc1ccc(-c2nnc(SCC(=O)c3ccc(Cl)cc3)n2C)cc1. The van der Waals surface area contributed by atoms with E-state index in [-0.39, 0.29) is 5.78 Å². The number of carbonyl (C=O) groups is 1. The number of thioether (sulfide) groups is 1. The first-order valence-corrected chi connectivity index (χ1v) is 8.79. The van der Waals surface area contributed by atoms with E-state index in [2.05, 4.69) is 10.2 Å². The average Bonchev–Trinajstić information content (AvgIpc) is 2.95. The molecule has 0 amide bonds. The first-order chi connectivity index (χ1) is 11.5. The van der Waals surface area contributed by atoms with Gasteiger partial charge in [0.2, 0.25) is 0 Å². The molecule has 6 heteroatoms. The highest BCUT2D eigenvalue weighted by Crippen LogP contribution is 2.23. The quantitative estimate of drug-likeness (QED) is 0.501. The Bertz CT molecular complexity index is 857. The summed E-state index contributed by atoms with van der Waals surface area (Å²) in [6.45, 7) is 2.05. The summed E-state index contributed by atoms with van der Waals surface area (Å²) in [5.74, 6) is 1.13. The molecule has 3 aromatic rings. The van der Waals surface area contributed by atoms with Crippen LogP contribution in [0.1, 0.15) is 15.9 Å². The van der Waals surface area contributed by atoms with Crippen LogP contribution < -0.4 is 0 Å². The van der Waals surface area contributed by atoms with Gasteiger partial charge in [0, 0.05) is 23.2 Å². The monoisotopic (exact) mass is 357 g/mol. The molecular weight excluding hydrogens is 342 g/mol. The number of ketones is 1. The third-order valence-electron chi connectivity index (χ3n) is 3.64. The number of nitrogens with zero attached hydrogens (tertiary/aromatic N) is 3. The van der Waals surface area contributed by atoms with Gasteiger partial charge in [0.15, 0.2) is 16.8 Å². The highest BCUT2D eigenvalue weighted by molar-refractivity contribution is 7.99. The van der Waals surface area contributed by atoms with E-state index in [9.17, 15) is 4.79 Å². The van der Waals surface area contributed by atoms with E-state index in [1.165, 1.54) is 17.3 Å². The van der Waals surface area contributed by atoms with Crippen molar-refractivity contribution in [1.29, 1.82) is 0 Å². The van der Waals surface area contributed by atoms with Crippen LogP contribution in [0.15, 0.2) is 53.7 Å². The van der Waals surface area contributed by atoms with Crippen molar-refractivity contribution in [3.05, 3.63) is 64.7 Å². The fraction of sp³-hybridized carbons (Fsp3) is 0.167. The van der Waals surface area contributed by atoms with Crippen molar-refractivity contribution in [2.75, 3.05) is 5.75 Å². The lowest BCUT2D eigenvalue weighted by molar-refractivity contribution is 0.102. The number of benzene rings is 2. The normalized spacial score (nSPS) is 10.8. The maximum Gasteiger partial charge on any atom is 0.191 e. The third kappa shape index (κ3) is 3.68. The number of hydrogen-bond acceptors (Lipinski definition) is 4. The molecule has 1 heterocycles. The number of aryl methyl sites for hydroxylation is 1. The minimum absolute atomic E-state index is 0.0385. The highest BCUT2D eigenvalue weighted by Gasteiger charge is 2.13. The average molecular weight is 358 g/mol. The van der Waals surface area contributed by atoms with Gasteiger partial charge in [-0.3, -0.25) is 4.79 Å². The maximum absolute atomic E-state index is 12.2. The van der Waals surface area contributed by atoms with Crippen LogP contribution in [0.25, 0.3) is 11.4 Å². The predicted molar refractivity (Wildman–Crippen MR) is 97.7 cm³/mol. The van der Waals surface area contributed by atoms with Gasteiger partial charge in [-0.2, -0.15) is 0 Å². The Kier molecular flexibility index (Phi) is 5.02. The molecule has 24 heavy (non-hydrogen) atoms. The Morgan fingerprint density at radius 3 is 2.42 bits per heavy atom. The van der Waals surface area contributed by atoms with Crippen molar-refractivity contribution in [2.45, 2.75) is 12.1 Å². The largest absolute Gasteiger partial charge is 0.305 e. The molecule has 0 aliphatic heterocycles. The Morgan fingerprint density at radius 1 is 1.08 bits per heavy atom. The standard InChI is InChI=1S/C18H16ClN3OS/c1-12-3-5-14(6-4-12)17-20-21-18(22(17)2)24-11-16(23)13-7-9-15(19)10-8-13/h3-10H,11H2,1-2H3. The summed E-state index contributed by atoms with van der Waals surface area (Å²) in [6, 6.07) is 15.0. The van der Waals surface area contributed by atoms with Crippen LogP contribution in [0.3, 0.4) is 0 Å². The molecule has 3 rings (SSSR count). The van der Waals surface area contributed by atoms with Gasteiger partial charge in [0.05, 0.1) is 5.75 Å². The van der Waals surface area contributed by atoms with Gasteiger partial charge in [-0.15, -0.1) is 10.2 Å². The minimum Gasteiger partial charge on any atom is -0.305 e. The van der Waals surface area contributed by atoms with Crippen molar-refractivity contribution in [2.24, 2.45) is 7.05 Å².